The van der Waals surface area contributed by atoms with Crippen LogP contribution in [0.25, 0.3) is 0 Å². The number of nitrogens with zero attached hydrogens (tertiary/aromatic N) is 2. The molecule has 0 aliphatic heterocycles. The first-order valence-electron chi connectivity index (χ1n) is 5.45. The molecule has 20 heavy (non-hydrogen) atoms. The molecule has 102 valence electrons. The van der Waals surface area contributed by atoms with Crippen molar-refractivity contribution in [3.8, 4) is 0 Å². The number of hydrogen-bond acceptors (Lipinski definition) is 5. The zero-order valence-corrected chi connectivity index (χ0v) is 10.8. The Kier molecular flexibility index (Phi) is 3.81. The van der Waals surface area contributed by atoms with Crippen molar-refractivity contribution in [2.24, 2.45) is 0 Å². The second kappa shape index (κ2) is 5.54. The number of para-hydroxylation sites is 1. The molecule has 2 rings (SSSR count). The van der Waals surface area contributed by atoms with Crippen LogP contribution in [0.2, 0.25) is 5.02 Å². The Bertz CT molecular complexity index is 673. The van der Waals surface area contributed by atoms with Gasteiger partial charge in [-0.3, -0.25) is 14.9 Å². The summed E-state index contributed by atoms with van der Waals surface area (Å²) in [6, 6.07) is 7.16. The summed E-state index contributed by atoms with van der Waals surface area (Å²) in [6.45, 7) is 0. The molecule has 8 heteroatoms. The number of pyridine rings is 1. The average Bonchev–Trinajstić information content (AvgIpc) is 2.40. The number of rotatable bonds is 3. The molecular formula is C12H9ClN4O3. The number of aromatic nitrogens is 1. The summed E-state index contributed by atoms with van der Waals surface area (Å²) < 4.78 is 0. The molecule has 1 aromatic carbocycles. The SMILES string of the molecule is Nc1cccc(C(=O)Nc2ccc(Cl)cn2)c1[N+](=O)[O-]. The van der Waals surface area contributed by atoms with Crippen LogP contribution in [0.4, 0.5) is 17.2 Å². The van der Waals surface area contributed by atoms with E-state index in [1.165, 1.54) is 36.5 Å². The van der Waals surface area contributed by atoms with E-state index in [0.29, 0.717) is 5.02 Å². The third kappa shape index (κ3) is 2.83. The summed E-state index contributed by atoms with van der Waals surface area (Å²) in [5.41, 5.74) is 4.88. The van der Waals surface area contributed by atoms with Crippen molar-refractivity contribution >= 4 is 34.7 Å². The number of nitro groups is 1. The minimum Gasteiger partial charge on any atom is -0.393 e. The Hall–Kier alpha value is -2.67. The number of carbonyl (C=O) groups is 1. The summed E-state index contributed by atoms with van der Waals surface area (Å²) in [5, 5.41) is 13.8. The molecule has 0 bridgehead atoms. The van der Waals surface area contributed by atoms with Crippen molar-refractivity contribution in [3.05, 3.63) is 57.2 Å². The first-order valence-corrected chi connectivity index (χ1v) is 5.82. The molecule has 3 N–H and O–H groups in total. The second-order valence-electron chi connectivity index (χ2n) is 3.82. The molecule has 0 aliphatic carbocycles. The van der Waals surface area contributed by atoms with Crippen molar-refractivity contribution in [1.29, 1.82) is 0 Å². The number of nitro benzene ring substituents is 1. The van der Waals surface area contributed by atoms with E-state index in [9.17, 15) is 14.9 Å². The predicted molar refractivity (Wildman–Crippen MR) is 74.7 cm³/mol. The van der Waals surface area contributed by atoms with E-state index in [4.69, 9.17) is 17.3 Å². The van der Waals surface area contributed by atoms with Gasteiger partial charge in [0, 0.05) is 6.20 Å². The summed E-state index contributed by atoms with van der Waals surface area (Å²) in [5.74, 6) is -0.435. The van der Waals surface area contributed by atoms with Gasteiger partial charge >= 0.3 is 5.69 Å². The summed E-state index contributed by atoms with van der Waals surface area (Å²) in [7, 11) is 0. The Balaban J connectivity index is 2.32. The molecule has 2 aromatic rings. The molecule has 0 unspecified atom stereocenters. The lowest BCUT2D eigenvalue weighted by Gasteiger charge is -2.06. The van der Waals surface area contributed by atoms with E-state index in [1.54, 1.807) is 0 Å². The number of hydrogen-bond donors (Lipinski definition) is 2. The topological polar surface area (TPSA) is 111 Å². The molecule has 0 spiro atoms. The van der Waals surface area contributed by atoms with Gasteiger partial charge in [0.05, 0.1) is 9.95 Å². The fraction of sp³-hybridized carbons (Fsp3) is 0. The monoisotopic (exact) mass is 292 g/mol. The second-order valence-corrected chi connectivity index (χ2v) is 4.25. The largest absolute Gasteiger partial charge is 0.393 e. The van der Waals surface area contributed by atoms with Crippen LogP contribution in [0.15, 0.2) is 36.5 Å². The van der Waals surface area contributed by atoms with Crippen LogP contribution in [-0.4, -0.2) is 15.8 Å². The average molecular weight is 293 g/mol. The molecule has 0 fully saturated rings. The van der Waals surface area contributed by atoms with E-state index in [-0.39, 0.29) is 17.1 Å². The molecule has 0 saturated heterocycles. The van der Waals surface area contributed by atoms with Crippen LogP contribution in [0.1, 0.15) is 10.4 Å². The summed E-state index contributed by atoms with van der Waals surface area (Å²) in [6.07, 6.45) is 1.35. The molecule has 0 atom stereocenters. The van der Waals surface area contributed by atoms with Gasteiger partial charge in [0.15, 0.2) is 0 Å². The zero-order chi connectivity index (χ0) is 14.7. The van der Waals surface area contributed by atoms with Gasteiger partial charge in [-0.15, -0.1) is 0 Å². The van der Waals surface area contributed by atoms with E-state index < -0.39 is 16.5 Å². The van der Waals surface area contributed by atoms with Crippen LogP contribution in [0.3, 0.4) is 0 Å². The third-order valence-corrected chi connectivity index (χ3v) is 2.69. The van der Waals surface area contributed by atoms with Crippen LogP contribution in [0, 0.1) is 10.1 Å². The highest BCUT2D eigenvalue weighted by Gasteiger charge is 2.23. The first-order chi connectivity index (χ1) is 9.49. The molecule has 0 aliphatic rings. The van der Waals surface area contributed by atoms with E-state index in [2.05, 4.69) is 10.3 Å². The maximum Gasteiger partial charge on any atom is 0.304 e. The van der Waals surface area contributed by atoms with Crippen molar-refractivity contribution in [1.82, 2.24) is 4.98 Å². The minimum absolute atomic E-state index is 0.0771. The standard InChI is InChI=1S/C12H9ClN4O3/c13-7-4-5-10(15-6-7)16-12(18)8-2-1-3-9(14)11(8)17(19)20/h1-6H,14H2,(H,15,16,18). The normalized spacial score (nSPS) is 10.1. The molecule has 0 saturated carbocycles. The molecule has 1 heterocycles. The molecule has 7 nitrogen and oxygen atoms in total. The van der Waals surface area contributed by atoms with Gasteiger partial charge in [-0.25, -0.2) is 4.98 Å². The highest BCUT2D eigenvalue weighted by Crippen LogP contribution is 2.26. The number of nitrogens with one attached hydrogen (secondary N) is 1. The lowest BCUT2D eigenvalue weighted by atomic mass is 10.1. The Morgan fingerprint density at radius 3 is 2.70 bits per heavy atom. The number of nitrogens with two attached hydrogens (primary N) is 1. The lowest BCUT2D eigenvalue weighted by Crippen LogP contribution is -2.15. The summed E-state index contributed by atoms with van der Waals surface area (Å²) in [4.78, 5) is 26.2. The molecule has 1 aromatic heterocycles. The van der Waals surface area contributed by atoms with Gasteiger partial charge in [-0.1, -0.05) is 17.7 Å². The van der Waals surface area contributed by atoms with Crippen LogP contribution in [0.5, 0.6) is 0 Å². The first kappa shape index (κ1) is 13.8. The van der Waals surface area contributed by atoms with Gasteiger partial charge in [-0.05, 0) is 24.3 Å². The number of nitrogen functional groups attached to an aromatic ring is 1. The lowest BCUT2D eigenvalue weighted by molar-refractivity contribution is -0.384. The fourth-order valence-electron chi connectivity index (χ4n) is 1.58. The minimum atomic E-state index is -0.695. The van der Waals surface area contributed by atoms with E-state index in [0.717, 1.165) is 0 Å². The molecule has 0 radical (unpaired) electrons. The predicted octanol–water partition coefficient (Wildman–Crippen LogP) is 2.48. The number of carbonyl (C=O) groups excluding carboxylic acids is 1. The van der Waals surface area contributed by atoms with Gasteiger partial charge < -0.3 is 11.1 Å². The van der Waals surface area contributed by atoms with Crippen molar-refractivity contribution in [3.63, 3.8) is 0 Å². The third-order valence-electron chi connectivity index (χ3n) is 2.46. The number of amides is 1. The van der Waals surface area contributed by atoms with Crippen LogP contribution in [-0.2, 0) is 0 Å². The maximum absolute atomic E-state index is 12.0. The highest BCUT2D eigenvalue weighted by atomic mass is 35.5. The van der Waals surface area contributed by atoms with Gasteiger partial charge in [0.1, 0.15) is 17.1 Å². The maximum atomic E-state index is 12.0. The van der Waals surface area contributed by atoms with Gasteiger partial charge in [0.2, 0.25) is 0 Å². The van der Waals surface area contributed by atoms with Crippen LogP contribution < -0.4 is 11.1 Å². The van der Waals surface area contributed by atoms with Gasteiger partial charge in [-0.2, -0.15) is 0 Å². The van der Waals surface area contributed by atoms with E-state index >= 15 is 0 Å². The molecular weight excluding hydrogens is 284 g/mol. The smallest absolute Gasteiger partial charge is 0.304 e. The fourth-order valence-corrected chi connectivity index (χ4v) is 1.69. The van der Waals surface area contributed by atoms with Crippen LogP contribution >= 0.6 is 11.6 Å². The van der Waals surface area contributed by atoms with E-state index in [1.807, 2.05) is 0 Å². The van der Waals surface area contributed by atoms with Crippen molar-refractivity contribution < 1.29 is 9.72 Å². The number of halogens is 1. The zero-order valence-electron chi connectivity index (χ0n) is 10.0. The Labute approximate surface area is 118 Å². The van der Waals surface area contributed by atoms with Crippen molar-refractivity contribution in [2.75, 3.05) is 11.1 Å². The number of anilines is 2. The summed E-state index contributed by atoms with van der Waals surface area (Å²) >= 11 is 5.67. The highest BCUT2D eigenvalue weighted by molar-refractivity contribution is 6.30. The van der Waals surface area contributed by atoms with Gasteiger partial charge in [0.25, 0.3) is 5.91 Å². The number of benzene rings is 1. The Morgan fingerprint density at radius 2 is 2.10 bits per heavy atom. The Morgan fingerprint density at radius 1 is 1.35 bits per heavy atom. The van der Waals surface area contributed by atoms with Crippen molar-refractivity contribution in [2.45, 2.75) is 0 Å². The quantitative estimate of drug-likeness (QED) is 0.513. The molecule has 1 amide bonds.